The molecule has 0 bridgehead atoms. The van der Waals surface area contributed by atoms with Crippen molar-refractivity contribution in [2.45, 2.75) is 38.6 Å². The Hall–Kier alpha value is -0.190. The maximum Gasteiger partial charge on any atom is 0.133 e. The Balaban J connectivity index is 2.25. The van der Waals surface area contributed by atoms with E-state index in [0.717, 1.165) is 16.8 Å². The number of benzene rings is 1. The lowest BCUT2D eigenvalue weighted by molar-refractivity contribution is 0.411. The van der Waals surface area contributed by atoms with Crippen LogP contribution in [0.15, 0.2) is 22.7 Å². The molecule has 0 heterocycles. The molecule has 0 saturated heterocycles. The second-order valence-electron chi connectivity index (χ2n) is 4.98. The lowest BCUT2D eigenvalue weighted by Crippen LogP contribution is -2.19. The van der Waals surface area contributed by atoms with Crippen LogP contribution >= 0.6 is 27.7 Å². The maximum absolute atomic E-state index is 5.26. The van der Waals surface area contributed by atoms with Gasteiger partial charge in [-0.15, -0.1) is 0 Å². The van der Waals surface area contributed by atoms with E-state index < -0.39 is 0 Å². The fourth-order valence-corrected chi connectivity index (χ4v) is 3.16. The summed E-state index contributed by atoms with van der Waals surface area (Å²) in [5, 5.41) is 3.59. The van der Waals surface area contributed by atoms with Crippen molar-refractivity contribution in [2.75, 3.05) is 25.7 Å². The highest BCUT2D eigenvalue weighted by atomic mass is 79.9. The first kappa shape index (κ1) is 17.9. The summed E-state index contributed by atoms with van der Waals surface area (Å²) in [7, 11) is 1.69. The summed E-state index contributed by atoms with van der Waals surface area (Å²) >= 11 is 5.48. The van der Waals surface area contributed by atoms with E-state index in [0.29, 0.717) is 6.04 Å². The van der Waals surface area contributed by atoms with Crippen LogP contribution in [0.1, 0.15) is 44.2 Å². The van der Waals surface area contributed by atoms with E-state index in [2.05, 4.69) is 46.6 Å². The molecule has 0 aliphatic rings. The minimum absolute atomic E-state index is 0.378. The summed E-state index contributed by atoms with van der Waals surface area (Å²) in [5.74, 6) is 2.18. The maximum atomic E-state index is 5.26. The molecule has 1 rings (SSSR count). The fraction of sp³-hybridized carbons (Fsp3) is 0.625. The van der Waals surface area contributed by atoms with Gasteiger partial charge in [-0.05, 0) is 71.9 Å². The lowest BCUT2D eigenvalue weighted by atomic mass is 10.1. The quantitative estimate of drug-likeness (QED) is 0.591. The molecule has 0 radical (unpaired) electrons. The average molecular weight is 360 g/mol. The predicted octanol–water partition coefficient (Wildman–Crippen LogP) is 5.03. The number of thioether (sulfide) groups is 1. The van der Waals surface area contributed by atoms with E-state index in [9.17, 15) is 0 Å². The fourth-order valence-electron chi connectivity index (χ4n) is 2.11. The molecule has 1 unspecified atom stereocenters. The zero-order chi connectivity index (χ0) is 14.8. The molecule has 1 aromatic carbocycles. The number of nitrogens with one attached hydrogen (secondary N) is 1. The molecule has 20 heavy (non-hydrogen) atoms. The zero-order valence-corrected chi connectivity index (χ0v) is 15.1. The topological polar surface area (TPSA) is 21.3 Å². The normalized spacial score (nSPS) is 12.4. The molecule has 0 saturated carbocycles. The highest BCUT2D eigenvalue weighted by Crippen LogP contribution is 2.27. The van der Waals surface area contributed by atoms with Gasteiger partial charge < -0.3 is 10.1 Å². The van der Waals surface area contributed by atoms with Gasteiger partial charge in [-0.1, -0.05) is 18.9 Å². The van der Waals surface area contributed by atoms with Crippen LogP contribution in [0.5, 0.6) is 5.75 Å². The van der Waals surface area contributed by atoms with Crippen molar-refractivity contribution in [3.8, 4) is 5.75 Å². The van der Waals surface area contributed by atoms with E-state index in [4.69, 9.17) is 4.74 Å². The average Bonchev–Trinajstić information content (AvgIpc) is 2.46. The third-order valence-electron chi connectivity index (χ3n) is 3.40. The summed E-state index contributed by atoms with van der Waals surface area (Å²) < 4.78 is 6.27. The minimum Gasteiger partial charge on any atom is -0.496 e. The van der Waals surface area contributed by atoms with Gasteiger partial charge in [0.25, 0.3) is 0 Å². The van der Waals surface area contributed by atoms with E-state index in [1.165, 1.54) is 37.0 Å². The Morgan fingerprint density at radius 1 is 1.25 bits per heavy atom. The van der Waals surface area contributed by atoms with Crippen molar-refractivity contribution >= 4 is 27.7 Å². The molecular weight excluding hydrogens is 334 g/mol. The highest BCUT2D eigenvalue weighted by molar-refractivity contribution is 9.10. The monoisotopic (exact) mass is 359 g/mol. The number of unbranched alkanes of at least 4 members (excludes halogenated alkanes) is 3. The number of hydrogen-bond acceptors (Lipinski definition) is 3. The SMILES string of the molecule is COc1ccc(C(C)NCCCCCCSC)cc1Br. The summed E-state index contributed by atoms with van der Waals surface area (Å²) in [6, 6.07) is 6.65. The van der Waals surface area contributed by atoms with Gasteiger partial charge >= 0.3 is 0 Å². The molecule has 2 nitrogen and oxygen atoms in total. The van der Waals surface area contributed by atoms with Crippen LogP contribution in [-0.4, -0.2) is 25.7 Å². The van der Waals surface area contributed by atoms with Gasteiger partial charge in [0.15, 0.2) is 0 Å². The van der Waals surface area contributed by atoms with E-state index in [1.807, 2.05) is 17.8 Å². The second-order valence-corrected chi connectivity index (χ2v) is 6.82. The van der Waals surface area contributed by atoms with Crippen LogP contribution in [0, 0.1) is 0 Å². The molecule has 1 aromatic rings. The Bertz CT molecular complexity index is 387. The second kappa shape index (κ2) is 10.5. The van der Waals surface area contributed by atoms with E-state index >= 15 is 0 Å². The summed E-state index contributed by atoms with van der Waals surface area (Å²) in [5.41, 5.74) is 1.29. The van der Waals surface area contributed by atoms with Crippen molar-refractivity contribution in [3.05, 3.63) is 28.2 Å². The Kier molecular flexibility index (Phi) is 9.40. The van der Waals surface area contributed by atoms with Gasteiger partial charge in [0.2, 0.25) is 0 Å². The first-order chi connectivity index (χ1) is 9.69. The molecule has 114 valence electrons. The lowest BCUT2D eigenvalue weighted by Gasteiger charge is -2.15. The highest BCUT2D eigenvalue weighted by Gasteiger charge is 2.07. The molecule has 0 spiro atoms. The minimum atomic E-state index is 0.378. The molecule has 1 atom stereocenters. The van der Waals surface area contributed by atoms with Crippen molar-refractivity contribution in [2.24, 2.45) is 0 Å². The third-order valence-corrected chi connectivity index (χ3v) is 4.72. The van der Waals surface area contributed by atoms with Crippen LogP contribution in [-0.2, 0) is 0 Å². The Labute approximate surface area is 136 Å². The summed E-state index contributed by atoms with van der Waals surface area (Å²) in [4.78, 5) is 0. The zero-order valence-electron chi connectivity index (χ0n) is 12.7. The summed E-state index contributed by atoms with van der Waals surface area (Å²) in [6.07, 6.45) is 7.46. The van der Waals surface area contributed by atoms with Crippen molar-refractivity contribution in [1.82, 2.24) is 5.32 Å². The van der Waals surface area contributed by atoms with Crippen molar-refractivity contribution in [3.63, 3.8) is 0 Å². The van der Waals surface area contributed by atoms with E-state index in [1.54, 1.807) is 7.11 Å². The van der Waals surface area contributed by atoms with E-state index in [-0.39, 0.29) is 0 Å². The molecule has 1 N–H and O–H groups in total. The molecule has 0 aliphatic carbocycles. The molecule has 0 aromatic heterocycles. The first-order valence-electron chi connectivity index (χ1n) is 7.24. The van der Waals surface area contributed by atoms with Gasteiger partial charge in [-0.25, -0.2) is 0 Å². The van der Waals surface area contributed by atoms with Crippen LogP contribution in [0.2, 0.25) is 0 Å². The Morgan fingerprint density at radius 2 is 2.00 bits per heavy atom. The molecule has 4 heteroatoms. The van der Waals surface area contributed by atoms with Gasteiger partial charge in [0, 0.05) is 6.04 Å². The van der Waals surface area contributed by atoms with Gasteiger partial charge in [-0.2, -0.15) is 11.8 Å². The smallest absolute Gasteiger partial charge is 0.133 e. The van der Waals surface area contributed by atoms with Crippen LogP contribution in [0.3, 0.4) is 0 Å². The van der Waals surface area contributed by atoms with Crippen LogP contribution in [0.4, 0.5) is 0 Å². The first-order valence-corrected chi connectivity index (χ1v) is 9.43. The van der Waals surface area contributed by atoms with Crippen LogP contribution in [0.25, 0.3) is 0 Å². The molecule has 0 amide bonds. The standard InChI is InChI=1S/C16H26BrNOS/c1-13(18-10-6-4-5-7-11-20-3)14-8-9-16(19-2)15(17)12-14/h8-9,12-13,18H,4-7,10-11H2,1-3H3. The largest absolute Gasteiger partial charge is 0.496 e. The third kappa shape index (κ3) is 6.51. The number of ether oxygens (including phenoxy) is 1. The van der Waals surface area contributed by atoms with Crippen molar-refractivity contribution < 1.29 is 4.74 Å². The number of hydrogen-bond donors (Lipinski definition) is 1. The summed E-state index contributed by atoms with van der Waals surface area (Å²) in [6.45, 7) is 3.30. The molecular formula is C16H26BrNOS. The number of rotatable bonds is 10. The van der Waals surface area contributed by atoms with Gasteiger partial charge in [0.1, 0.15) is 5.75 Å². The number of halogens is 1. The molecule has 0 fully saturated rings. The van der Waals surface area contributed by atoms with Crippen molar-refractivity contribution in [1.29, 1.82) is 0 Å². The van der Waals surface area contributed by atoms with Crippen LogP contribution < -0.4 is 10.1 Å². The number of methoxy groups -OCH3 is 1. The van der Waals surface area contributed by atoms with Gasteiger partial charge in [-0.3, -0.25) is 0 Å². The van der Waals surface area contributed by atoms with Gasteiger partial charge in [0.05, 0.1) is 11.6 Å². The molecule has 0 aliphatic heterocycles. The predicted molar refractivity (Wildman–Crippen MR) is 94.0 cm³/mol. The Morgan fingerprint density at radius 3 is 2.65 bits per heavy atom.